The minimum Gasteiger partial charge on any atom is -0.287 e. The van der Waals surface area contributed by atoms with E-state index in [1.807, 2.05) is 0 Å². The topological polar surface area (TPSA) is 59.9 Å². The summed E-state index contributed by atoms with van der Waals surface area (Å²) < 4.78 is 3.64. The first-order valence-electron chi connectivity index (χ1n) is 9.45. The Bertz CT molecular complexity index is 1110. The molecule has 2 aromatic carbocycles. The average Bonchev–Trinajstić information content (AvgIpc) is 3.23. The minimum atomic E-state index is -0.0352. The molecular weight excluding hydrogens is 453 g/mol. The lowest BCUT2D eigenvalue weighted by Crippen LogP contribution is -1.97. The van der Waals surface area contributed by atoms with Crippen molar-refractivity contribution in [3.8, 4) is 0 Å². The molecular formula is C22H20N2O2S4. The lowest BCUT2D eigenvalue weighted by molar-refractivity contribution is -0.115. The van der Waals surface area contributed by atoms with Gasteiger partial charge in [0.05, 0.1) is 20.4 Å². The molecule has 2 heterocycles. The molecule has 0 fully saturated rings. The molecule has 4 aromatic rings. The SMILES string of the molecule is Cc1cc2nc(SC(=O)CCC(=O)Sc3nc4cc(C)c(C)cc4s3)sc2cc1C. The van der Waals surface area contributed by atoms with Gasteiger partial charge < -0.3 is 0 Å². The van der Waals surface area contributed by atoms with Crippen molar-refractivity contribution in [1.82, 2.24) is 9.97 Å². The Morgan fingerprint density at radius 1 is 0.700 bits per heavy atom. The number of aromatic nitrogens is 2. The van der Waals surface area contributed by atoms with Gasteiger partial charge in [-0.2, -0.15) is 0 Å². The summed E-state index contributed by atoms with van der Waals surface area (Å²) in [5.41, 5.74) is 6.67. The molecule has 0 saturated carbocycles. The summed E-state index contributed by atoms with van der Waals surface area (Å²) in [6.07, 6.45) is 0.404. The summed E-state index contributed by atoms with van der Waals surface area (Å²) in [5.74, 6) is 0. The number of hydrogen-bond acceptors (Lipinski definition) is 8. The largest absolute Gasteiger partial charge is 0.287 e. The smallest absolute Gasteiger partial charge is 0.196 e. The van der Waals surface area contributed by atoms with Crippen LogP contribution in [0.25, 0.3) is 20.4 Å². The molecule has 0 amide bonds. The van der Waals surface area contributed by atoms with Crippen LogP contribution in [0.15, 0.2) is 32.9 Å². The van der Waals surface area contributed by atoms with Gasteiger partial charge in [-0.1, -0.05) is 0 Å². The fraction of sp³-hybridized carbons (Fsp3) is 0.273. The van der Waals surface area contributed by atoms with Gasteiger partial charge in [0.15, 0.2) is 18.9 Å². The van der Waals surface area contributed by atoms with Crippen molar-refractivity contribution in [2.75, 3.05) is 0 Å². The zero-order valence-corrected chi connectivity index (χ0v) is 20.3. The van der Waals surface area contributed by atoms with Gasteiger partial charge in [0, 0.05) is 12.8 Å². The van der Waals surface area contributed by atoms with Crippen LogP contribution in [0, 0.1) is 27.7 Å². The molecule has 0 spiro atoms. The number of nitrogens with zero attached hydrogens (tertiary/aromatic N) is 2. The summed E-state index contributed by atoms with van der Waals surface area (Å²) in [4.78, 5) is 33.8. The van der Waals surface area contributed by atoms with Crippen molar-refractivity contribution >= 4 is 76.9 Å². The third-order valence-electron chi connectivity index (χ3n) is 4.90. The average molecular weight is 473 g/mol. The number of carbonyl (C=O) groups excluding carboxylic acids is 2. The van der Waals surface area contributed by atoms with Gasteiger partial charge in [-0.3, -0.25) is 9.59 Å². The molecule has 30 heavy (non-hydrogen) atoms. The predicted molar refractivity (Wildman–Crippen MR) is 129 cm³/mol. The molecule has 0 atom stereocenters. The molecule has 0 N–H and O–H groups in total. The molecule has 0 bridgehead atoms. The first-order chi connectivity index (χ1) is 14.3. The van der Waals surface area contributed by atoms with Crippen LogP contribution in [0.4, 0.5) is 0 Å². The second-order valence-corrected chi connectivity index (χ2v) is 11.9. The minimum absolute atomic E-state index is 0.0352. The van der Waals surface area contributed by atoms with E-state index in [2.05, 4.69) is 61.9 Å². The zero-order valence-electron chi connectivity index (χ0n) is 17.1. The molecule has 8 heteroatoms. The van der Waals surface area contributed by atoms with E-state index >= 15 is 0 Å². The number of fused-ring (bicyclic) bond motifs is 2. The van der Waals surface area contributed by atoms with Gasteiger partial charge in [-0.25, -0.2) is 9.97 Å². The Balaban J connectivity index is 1.34. The number of aryl methyl sites for hydroxylation is 4. The standard InChI is InChI=1S/C22H20N2O2S4/c1-11-7-15-17(9-13(11)3)27-21(23-15)29-19(25)5-6-20(26)30-22-24-16-8-12(2)14(4)10-18(16)28-22/h7-10H,5-6H2,1-4H3. The van der Waals surface area contributed by atoms with Crippen LogP contribution in [-0.4, -0.2) is 20.2 Å². The van der Waals surface area contributed by atoms with E-state index < -0.39 is 0 Å². The monoisotopic (exact) mass is 472 g/mol. The fourth-order valence-electron chi connectivity index (χ4n) is 2.91. The van der Waals surface area contributed by atoms with Crippen LogP contribution >= 0.6 is 46.2 Å². The lowest BCUT2D eigenvalue weighted by Gasteiger charge is -1.97. The van der Waals surface area contributed by atoms with Crippen LogP contribution < -0.4 is 0 Å². The predicted octanol–water partition coefficient (Wildman–Crippen LogP) is 6.86. The Morgan fingerprint density at radius 3 is 1.47 bits per heavy atom. The van der Waals surface area contributed by atoms with E-state index in [9.17, 15) is 9.59 Å². The Kier molecular flexibility index (Phi) is 6.29. The van der Waals surface area contributed by atoms with Gasteiger partial charge in [0.25, 0.3) is 0 Å². The molecule has 0 aliphatic heterocycles. The van der Waals surface area contributed by atoms with Crippen molar-refractivity contribution in [2.45, 2.75) is 49.2 Å². The van der Waals surface area contributed by atoms with E-state index in [0.29, 0.717) is 0 Å². The maximum atomic E-state index is 12.4. The Labute approximate surface area is 191 Å². The van der Waals surface area contributed by atoms with E-state index in [-0.39, 0.29) is 23.1 Å². The first-order valence-corrected chi connectivity index (χ1v) is 12.7. The van der Waals surface area contributed by atoms with E-state index in [0.717, 1.165) is 52.6 Å². The van der Waals surface area contributed by atoms with Gasteiger partial charge in [-0.15, -0.1) is 22.7 Å². The summed E-state index contributed by atoms with van der Waals surface area (Å²) in [5, 5.41) is -0.0704. The highest BCUT2D eigenvalue weighted by molar-refractivity contribution is 8.15. The second kappa shape index (κ2) is 8.78. The van der Waals surface area contributed by atoms with Crippen LogP contribution in [-0.2, 0) is 9.59 Å². The molecule has 0 aliphatic rings. The van der Waals surface area contributed by atoms with Crippen molar-refractivity contribution in [3.05, 3.63) is 46.5 Å². The maximum Gasteiger partial charge on any atom is 0.196 e. The number of rotatable bonds is 5. The molecule has 0 unspecified atom stereocenters. The zero-order chi connectivity index (χ0) is 21.4. The van der Waals surface area contributed by atoms with E-state index in [4.69, 9.17) is 0 Å². The van der Waals surface area contributed by atoms with Crippen LogP contribution in [0.2, 0.25) is 0 Å². The fourth-order valence-corrected chi connectivity index (χ4v) is 6.98. The van der Waals surface area contributed by atoms with E-state index in [1.54, 1.807) is 0 Å². The third-order valence-corrected chi connectivity index (χ3v) is 8.93. The molecule has 4 nitrogen and oxygen atoms in total. The highest BCUT2D eigenvalue weighted by atomic mass is 32.2. The number of benzene rings is 2. The van der Waals surface area contributed by atoms with Crippen LogP contribution in [0.1, 0.15) is 35.1 Å². The molecule has 0 aliphatic carbocycles. The van der Waals surface area contributed by atoms with Crippen LogP contribution in [0.5, 0.6) is 0 Å². The summed E-state index contributed by atoms with van der Waals surface area (Å²) in [6, 6.07) is 8.32. The molecule has 4 rings (SSSR count). The van der Waals surface area contributed by atoms with Crippen molar-refractivity contribution in [1.29, 1.82) is 0 Å². The molecule has 0 radical (unpaired) electrons. The second-order valence-electron chi connectivity index (χ2n) is 7.22. The number of thiazole rings is 2. The number of thioether (sulfide) groups is 2. The Hall–Kier alpha value is -1.74. The summed E-state index contributed by atoms with van der Waals surface area (Å²) in [6.45, 7) is 8.26. The quantitative estimate of drug-likeness (QED) is 0.296. The van der Waals surface area contributed by atoms with Gasteiger partial charge >= 0.3 is 0 Å². The van der Waals surface area contributed by atoms with Crippen LogP contribution in [0.3, 0.4) is 0 Å². The highest BCUT2D eigenvalue weighted by Crippen LogP contribution is 2.34. The molecule has 154 valence electrons. The lowest BCUT2D eigenvalue weighted by atomic mass is 10.1. The molecule has 2 aromatic heterocycles. The Morgan fingerprint density at radius 2 is 1.07 bits per heavy atom. The van der Waals surface area contributed by atoms with E-state index in [1.165, 1.54) is 44.9 Å². The molecule has 0 saturated heterocycles. The normalized spacial score (nSPS) is 11.5. The van der Waals surface area contributed by atoms with Crippen molar-refractivity contribution < 1.29 is 9.59 Å². The third kappa shape index (κ3) is 4.77. The highest BCUT2D eigenvalue weighted by Gasteiger charge is 2.15. The van der Waals surface area contributed by atoms with Crippen molar-refractivity contribution in [2.24, 2.45) is 0 Å². The van der Waals surface area contributed by atoms with Gasteiger partial charge in [0.2, 0.25) is 0 Å². The first kappa shape index (κ1) is 21.5. The van der Waals surface area contributed by atoms with Gasteiger partial charge in [0.1, 0.15) is 0 Å². The number of hydrogen-bond donors (Lipinski definition) is 0. The van der Waals surface area contributed by atoms with Crippen molar-refractivity contribution in [3.63, 3.8) is 0 Å². The maximum absolute atomic E-state index is 12.4. The summed E-state index contributed by atoms with van der Waals surface area (Å²) >= 11 is 5.31. The van der Waals surface area contributed by atoms with Gasteiger partial charge in [-0.05, 0) is 97.7 Å². The number of carbonyl (C=O) groups is 2. The summed E-state index contributed by atoms with van der Waals surface area (Å²) in [7, 11) is 0.